The van der Waals surface area contributed by atoms with Crippen LogP contribution >= 0.6 is 11.6 Å². The lowest BCUT2D eigenvalue weighted by Crippen LogP contribution is -2.20. The molecule has 0 heterocycles. The van der Waals surface area contributed by atoms with Gasteiger partial charge in [0.25, 0.3) is 5.91 Å². The van der Waals surface area contributed by atoms with Gasteiger partial charge in [0.05, 0.1) is 22.3 Å². The van der Waals surface area contributed by atoms with E-state index in [1.165, 1.54) is 0 Å². The van der Waals surface area contributed by atoms with Gasteiger partial charge in [-0.15, -0.1) is 0 Å². The van der Waals surface area contributed by atoms with Gasteiger partial charge in [-0.05, 0) is 48.9 Å². The zero-order valence-corrected chi connectivity index (χ0v) is 12.1. The van der Waals surface area contributed by atoms with Gasteiger partial charge in [0.1, 0.15) is 5.75 Å². The zero-order chi connectivity index (χ0) is 15.2. The summed E-state index contributed by atoms with van der Waals surface area (Å²) in [6, 6.07) is 13.9. The molecule has 1 amide bonds. The summed E-state index contributed by atoms with van der Waals surface area (Å²) >= 11 is 6.04. The predicted octanol–water partition coefficient (Wildman–Crippen LogP) is 3.54. The first kappa shape index (κ1) is 14.9. The number of hydrogen-bond acceptors (Lipinski definition) is 3. The number of ether oxygens (including phenoxy) is 1. The fourth-order valence-electron chi connectivity index (χ4n) is 1.68. The monoisotopic (exact) mass is 300 g/mol. The van der Waals surface area contributed by atoms with Gasteiger partial charge in [0, 0.05) is 0 Å². The number of halogens is 1. The normalized spacial score (nSPS) is 9.76. The van der Waals surface area contributed by atoms with Crippen LogP contribution in [0.4, 0.5) is 5.69 Å². The third-order valence-electron chi connectivity index (χ3n) is 2.75. The minimum absolute atomic E-state index is 0.129. The fraction of sp³-hybridized carbons (Fsp3) is 0.125. The number of nitrogens with one attached hydrogen (secondary N) is 1. The lowest BCUT2D eigenvalue weighted by Gasteiger charge is -2.09. The smallest absolute Gasteiger partial charge is 0.262 e. The maximum Gasteiger partial charge on any atom is 0.262 e. The zero-order valence-electron chi connectivity index (χ0n) is 11.4. The highest BCUT2D eigenvalue weighted by Crippen LogP contribution is 2.22. The molecule has 0 atom stereocenters. The third kappa shape index (κ3) is 4.23. The average molecular weight is 301 g/mol. The topological polar surface area (TPSA) is 62.1 Å². The molecule has 0 aromatic heterocycles. The van der Waals surface area contributed by atoms with Crippen molar-refractivity contribution in [3.63, 3.8) is 0 Å². The van der Waals surface area contributed by atoms with E-state index in [0.29, 0.717) is 22.0 Å². The van der Waals surface area contributed by atoms with Crippen molar-refractivity contribution < 1.29 is 9.53 Å². The molecular formula is C16H13ClN2O2. The molecule has 5 heteroatoms. The number of rotatable bonds is 4. The first-order valence-corrected chi connectivity index (χ1v) is 6.65. The van der Waals surface area contributed by atoms with Crippen molar-refractivity contribution in [2.45, 2.75) is 6.92 Å². The molecule has 2 aromatic rings. The number of hydrogen-bond donors (Lipinski definition) is 1. The van der Waals surface area contributed by atoms with Crippen LogP contribution in [0.1, 0.15) is 11.1 Å². The molecule has 0 aliphatic carbocycles. The molecule has 0 aliphatic heterocycles. The molecule has 2 rings (SSSR count). The van der Waals surface area contributed by atoms with E-state index >= 15 is 0 Å². The molecule has 21 heavy (non-hydrogen) atoms. The molecule has 4 nitrogen and oxygen atoms in total. The molecule has 0 fully saturated rings. The van der Waals surface area contributed by atoms with Gasteiger partial charge in [0.2, 0.25) is 0 Å². The number of nitriles is 1. The Morgan fingerprint density at radius 3 is 2.62 bits per heavy atom. The van der Waals surface area contributed by atoms with Crippen LogP contribution in [-0.2, 0) is 4.79 Å². The molecule has 106 valence electrons. The van der Waals surface area contributed by atoms with Crippen LogP contribution in [0.25, 0.3) is 0 Å². The van der Waals surface area contributed by atoms with Crippen LogP contribution in [0.15, 0.2) is 42.5 Å². The Balaban J connectivity index is 1.91. The van der Waals surface area contributed by atoms with Crippen molar-refractivity contribution in [2.24, 2.45) is 0 Å². The van der Waals surface area contributed by atoms with Crippen molar-refractivity contribution in [3.05, 3.63) is 58.6 Å². The first-order chi connectivity index (χ1) is 10.1. The second-order valence-electron chi connectivity index (χ2n) is 4.46. The lowest BCUT2D eigenvalue weighted by atomic mass is 10.2. The number of nitrogens with zero attached hydrogens (tertiary/aromatic N) is 1. The highest BCUT2D eigenvalue weighted by molar-refractivity contribution is 6.33. The van der Waals surface area contributed by atoms with E-state index in [-0.39, 0.29) is 12.5 Å². The van der Waals surface area contributed by atoms with Gasteiger partial charge in [-0.2, -0.15) is 5.26 Å². The summed E-state index contributed by atoms with van der Waals surface area (Å²) in [6.07, 6.45) is 0. The van der Waals surface area contributed by atoms with E-state index in [4.69, 9.17) is 21.6 Å². The molecule has 0 unspecified atom stereocenters. The van der Waals surface area contributed by atoms with Crippen LogP contribution < -0.4 is 10.1 Å². The Kier molecular flexibility index (Phi) is 4.81. The largest absolute Gasteiger partial charge is 0.484 e. The summed E-state index contributed by atoms with van der Waals surface area (Å²) in [4.78, 5) is 11.8. The van der Waals surface area contributed by atoms with Crippen LogP contribution in [0.2, 0.25) is 5.02 Å². The second-order valence-corrected chi connectivity index (χ2v) is 4.86. The summed E-state index contributed by atoms with van der Waals surface area (Å²) in [5.74, 6) is 0.226. The molecule has 0 saturated heterocycles. The Labute approximate surface area is 127 Å². The number of carbonyl (C=O) groups excluding carboxylic acids is 1. The van der Waals surface area contributed by atoms with Gasteiger partial charge >= 0.3 is 0 Å². The summed E-state index contributed by atoms with van der Waals surface area (Å²) in [6.45, 7) is 1.79. The molecule has 0 bridgehead atoms. The fourth-order valence-corrected chi connectivity index (χ4v) is 1.96. The highest BCUT2D eigenvalue weighted by Gasteiger charge is 2.07. The standard InChI is InChI=1S/C16H13ClN2O2/c1-11-2-7-15(14(17)8-11)19-16(20)10-21-13-5-3-12(9-18)4-6-13/h2-8H,10H2,1H3,(H,19,20). The van der Waals surface area contributed by atoms with Crippen molar-refractivity contribution in [3.8, 4) is 11.8 Å². The van der Waals surface area contributed by atoms with E-state index in [1.807, 2.05) is 19.1 Å². The summed E-state index contributed by atoms with van der Waals surface area (Å²) in [5, 5.41) is 11.9. The molecular weight excluding hydrogens is 288 g/mol. The predicted molar refractivity (Wildman–Crippen MR) is 81.5 cm³/mol. The van der Waals surface area contributed by atoms with Crippen LogP contribution in [0.3, 0.4) is 0 Å². The van der Waals surface area contributed by atoms with Gasteiger partial charge in [-0.3, -0.25) is 4.79 Å². The van der Waals surface area contributed by atoms with Gasteiger partial charge in [-0.1, -0.05) is 17.7 Å². The minimum atomic E-state index is -0.301. The first-order valence-electron chi connectivity index (χ1n) is 6.27. The highest BCUT2D eigenvalue weighted by atomic mass is 35.5. The van der Waals surface area contributed by atoms with Gasteiger partial charge in [-0.25, -0.2) is 0 Å². The number of anilines is 1. The number of amides is 1. The van der Waals surface area contributed by atoms with E-state index in [9.17, 15) is 4.79 Å². The quantitative estimate of drug-likeness (QED) is 0.939. The number of aryl methyl sites for hydroxylation is 1. The molecule has 0 saturated carbocycles. The summed E-state index contributed by atoms with van der Waals surface area (Å²) in [7, 11) is 0. The van der Waals surface area contributed by atoms with Crippen molar-refractivity contribution in [1.82, 2.24) is 0 Å². The molecule has 0 radical (unpaired) electrons. The lowest BCUT2D eigenvalue weighted by molar-refractivity contribution is -0.118. The van der Waals surface area contributed by atoms with E-state index < -0.39 is 0 Å². The molecule has 0 spiro atoms. The maximum absolute atomic E-state index is 11.8. The van der Waals surface area contributed by atoms with Gasteiger partial charge in [0.15, 0.2) is 6.61 Å². The molecule has 0 aliphatic rings. The third-order valence-corrected chi connectivity index (χ3v) is 3.06. The van der Waals surface area contributed by atoms with E-state index in [2.05, 4.69) is 5.32 Å². The van der Waals surface area contributed by atoms with E-state index in [1.54, 1.807) is 36.4 Å². The van der Waals surface area contributed by atoms with Gasteiger partial charge < -0.3 is 10.1 Å². The Bertz CT molecular complexity index is 690. The van der Waals surface area contributed by atoms with Crippen LogP contribution in [-0.4, -0.2) is 12.5 Å². The number of carbonyl (C=O) groups is 1. The van der Waals surface area contributed by atoms with E-state index in [0.717, 1.165) is 5.56 Å². The molecule has 1 N–H and O–H groups in total. The van der Waals surface area contributed by atoms with Crippen molar-refractivity contribution in [1.29, 1.82) is 5.26 Å². The summed E-state index contributed by atoms with van der Waals surface area (Å²) < 4.78 is 5.34. The average Bonchev–Trinajstić information content (AvgIpc) is 2.48. The van der Waals surface area contributed by atoms with Crippen LogP contribution in [0, 0.1) is 18.3 Å². The Morgan fingerprint density at radius 1 is 1.29 bits per heavy atom. The van der Waals surface area contributed by atoms with Crippen LogP contribution in [0.5, 0.6) is 5.75 Å². The Hall–Kier alpha value is -2.51. The maximum atomic E-state index is 11.8. The van der Waals surface area contributed by atoms with Crippen molar-refractivity contribution >= 4 is 23.2 Å². The Morgan fingerprint density at radius 2 is 2.00 bits per heavy atom. The second kappa shape index (κ2) is 6.78. The minimum Gasteiger partial charge on any atom is -0.484 e. The SMILES string of the molecule is Cc1ccc(NC(=O)COc2ccc(C#N)cc2)c(Cl)c1. The van der Waals surface area contributed by atoms with Crippen molar-refractivity contribution in [2.75, 3.05) is 11.9 Å². The number of benzene rings is 2. The summed E-state index contributed by atoms with van der Waals surface area (Å²) in [5.41, 5.74) is 2.11. The molecule has 2 aromatic carbocycles.